The highest BCUT2D eigenvalue weighted by Crippen LogP contribution is 2.32. The largest absolute Gasteiger partial charge is 0.353 e. The molecular formula is C19H12N2. The van der Waals surface area contributed by atoms with E-state index in [4.69, 9.17) is 0 Å². The van der Waals surface area contributed by atoms with E-state index in [0.29, 0.717) is 0 Å². The first kappa shape index (κ1) is 10.9. The molecule has 0 radical (unpaired) electrons. The number of aromatic amines is 1. The molecule has 0 saturated heterocycles. The van der Waals surface area contributed by atoms with Gasteiger partial charge in [-0.1, -0.05) is 42.5 Å². The van der Waals surface area contributed by atoms with E-state index in [1.165, 1.54) is 32.4 Å². The number of nitrogens with one attached hydrogen (secondary N) is 1. The van der Waals surface area contributed by atoms with Gasteiger partial charge in [-0.05, 0) is 29.0 Å². The van der Waals surface area contributed by atoms with E-state index in [2.05, 4.69) is 64.6 Å². The summed E-state index contributed by atoms with van der Waals surface area (Å²) in [6.45, 7) is 0. The highest BCUT2D eigenvalue weighted by Gasteiger charge is 2.09. The summed E-state index contributed by atoms with van der Waals surface area (Å²) in [4.78, 5) is 8.09. The van der Waals surface area contributed by atoms with Crippen LogP contribution in [-0.4, -0.2) is 9.97 Å². The zero-order chi connectivity index (χ0) is 13.8. The Balaban J connectivity index is 2.04. The topological polar surface area (TPSA) is 28.7 Å². The molecule has 0 aliphatic carbocycles. The lowest BCUT2D eigenvalue weighted by Crippen LogP contribution is -1.78. The highest BCUT2D eigenvalue weighted by atomic mass is 14.8. The molecule has 2 heterocycles. The molecule has 2 heteroatoms. The zero-order valence-corrected chi connectivity index (χ0v) is 11.3. The van der Waals surface area contributed by atoms with Gasteiger partial charge in [0.05, 0.1) is 11.0 Å². The molecule has 98 valence electrons. The predicted octanol–water partition coefficient (Wildman–Crippen LogP) is 5.02. The second kappa shape index (κ2) is 3.83. The van der Waals surface area contributed by atoms with Gasteiger partial charge in [0.25, 0.3) is 0 Å². The Bertz CT molecular complexity index is 1140. The minimum absolute atomic E-state index is 1.04. The van der Waals surface area contributed by atoms with Gasteiger partial charge in [-0.25, -0.2) is 0 Å². The average Bonchev–Trinajstić information content (AvgIpc) is 2.90. The normalized spacial score (nSPS) is 11.8. The Kier molecular flexibility index (Phi) is 1.98. The van der Waals surface area contributed by atoms with Gasteiger partial charge in [-0.3, -0.25) is 4.98 Å². The van der Waals surface area contributed by atoms with Crippen LogP contribution in [0.2, 0.25) is 0 Å². The average molecular weight is 268 g/mol. The highest BCUT2D eigenvalue weighted by molar-refractivity contribution is 6.18. The van der Waals surface area contributed by atoms with Crippen LogP contribution in [0.4, 0.5) is 0 Å². The number of H-pyrrole nitrogens is 1. The summed E-state index contributed by atoms with van der Waals surface area (Å²) in [6, 6.07) is 21.4. The lowest BCUT2D eigenvalue weighted by Gasteiger charge is -1.98. The van der Waals surface area contributed by atoms with Gasteiger partial charge < -0.3 is 4.98 Å². The lowest BCUT2D eigenvalue weighted by atomic mass is 10.1. The summed E-state index contributed by atoms with van der Waals surface area (Å²) >= 11 is 0. The maximum Gasteiger partial charge on any atom is 0.0943 e. The molecule has 0 spiro atoms. The molecule has 3 aromatic carbocycles. The quantitative estimate of drug-likeness (QED) is 0.419. The number of hydrogen-bond donors (Lipinski definition) is 1. The first-order valence-corrected chi connectivity index (χ1v) is 7.08. The molecule has 0 atom stereocenters. The summed E-state index contributed by atoms with van der Waals surface area (Å²) in [5, 5.41) is 6.19. The summed E-state index contributed by atoms with van der Waals surface area (Å²) < 4.78 is 0. The number of rotatable bonds is 0. The van der Waals surface area contributed by atoms with E-state index in [1.54, 1.807) is 0 Å². The van der Waals surface area contributed by atoms with Crippen LogP contribution in [-0.2, 0) is 0 Å². The van der Waals surface area contributed by atoms with Crippen LogP contribution >= 0.6 is 0 Å². The number of pyridine rings is 1. The van der Waals surface area contributed by atoms with Crippen molar-refractivity contribution < 1.29 is 0 Å². The summed E-state index contributed by atoms with van der Waals surface area (Å²) in [5.74, 6) is 0. The Hall–Kier alpha value is -2.87. The predicted molar refractivity (Wildman–Crippen MR) is 88.6 cm³/mol. The van der Waals surface area contributed by atoms with Crippen molar-refractivity contribution in [2.24, 2.45) is 0 Å². The maximum absolute atomic E-state index is 4.54. The van der Waals surface area contributed by atoms with Crippen molar-refractivity contribution in [3.8, 4) is 0 Å². The molecule has 2 nitrogen and oxygen atoms in total. The maximum atomic E-state index is 4.54. The van der Waals surface area contributed by atoms with Gasteiger partial charge in [-0.15, -0.1) is 0 Å². The van der Waals surface area contributed by atoms with E-state index in [9.17, 15) is 0 Å². The minimum atomic E-state index is 1.04. The fourth-order valence-electron chi connectivity index (χ4n) is 3.20. The molecule has 2 aromatic heterocycles. The number of aromatic nitrogens is 2. The van der Waals surface area contributed by atoms with Crippen LogP contribution in [0, 0.1) is 0 Å². The van der Waals surface area contributed by atoms with Crippen LogP contribution in [0.5, 0.6) is 0 Å². The first-order valence-electron chi connectivity index (χ1n) is 7.08. The van der Waals surface area contributed by atoms with E-state index in [-0.39, 0.29) is 0 Å². The fourth-order valence-corrected chi connectivity index (χ4v) is 3.20. The second-order valence-corrected chi connectivity index (χ2v) is 5.43. The summed E-state index contributed by atoms with van der Waals surface area (Å²) in [7, 11) is 0. The lowest BCUT2D eigenvalue weighted by molar-refractivity contribution is 1.41. The third-order valence-corrected chi connectivity index (χ3v) is 4.21. The van der Waals surface area contributed by atoms with Crippen molar-refractivity contribution >= 4 is 43.5 Å². The van der Waals surface area contributed by atoms with Crippen LogP contribution in [0.15, 0.2) is 66.9 Å². The Morgan fingerprint density at radius 3 is 2.43 bits per heavy atom. The van der Waals surface area contributed by atoms with Gasteiger partial charge in [0.1, 0.15) is 0 Å². The summed E-state index contributed by atoms with van der Waals surface area (Å²) in [6.07, 6.45) is 1.85. The second-order valence-electron chi connectivity index (χ2n) is 5.43. The van der Waals surface area contributed by atoms with Crippen molar-refractivity contribution in [3.05, 3.63) is 66.9 Å². The van der Waals surface area contributed by atoms with Crippen LogP contribution in [0.25, 0.3) is 43.5 Å². The molecule has 0 amide bonds. The third kappa shape index (κ3) is 1.44. The fraction of sp³-hybridized carbons (Fsp3) is 0. The Morgan fingerprint density at radius 2 is 1.52 bits per heavy atom. The van der Waals surface area contributed by atoms with Crippen LogP contribution in [0.1, 0.15) is 0 Å². The van der Waals surface area contributed by atoms with Crippen molar-refractivity contribution in [1.82, 2.24) is 9.97 Å². The van der Waals surface area contributed by atoms with Crippen molar-refractivity contribution in [1.29, 1.82) is 0 Å². The van der Waals surface area contributed by atoms with Crippen LogP contribution < -0.4 is 0 Å². The zero-order valence-electron chi connectivity index (χ0n) is 11.3. The number of hydrogen-bond acceptors (Lipinski definition) is 1. The molecule has 0 aliphatic heterocycles. The number of nitrogens with zero attached hydrogens (tertiary/aromatic N) is 1. The van der Waals surface area contributed by atoms with E-state index in [0.717, 1.165) is 11.0 Å². The molecule has 0 unspecified atom stereocenters. The smallest absolute Gasteiger partial charge is 0.0943 e. The molecule has 0 fully saturated rings. The van der Waals surface area contributed by atoms with Gasteiger partial charge in [0.15, 0.2) is 0 Å². The molecule has 5 aromatic rings. The molecule has 0 bridgehead atoms. The first-order chi connectivity index (χ1) is 10.4. The molecule has 21 heavy (non-hydrogen) atoms. The molecule has 5 rings (SSSR count). The Labute approximate surface area is 121 Å². The SMILES string of the molecule is c1ccc2cc3c(cc2c1)[nH]c1c3ccc2cccnc21. The van der Waals surface area contributed by atoms with E-state index >= 15 is 0 Å². The standard InChI is InChI=1S/C19H12N2/c1-2-5-14-11-17-16(10-13(14)4-1)15-8-7-12-6-3-9-20-18(12)19(15)21-17/h1-11,21H. The molecule has 0 saturated carbocycles. The Morgan fingerprint density at radius 1 is 0.714 bits per heavy atom. The number of fused-ring (bicyclic) bond motifs is 6. The van der Waals surface area contributed by atoms with Gasteiger partial charge in [-0.2, -0.15) is 0 Å². The van der Waals surface area contributed by atoms with Crippen molar-refractivity contribution in [2.75, 3.05) is 0 Å². The van der Waals surface area contributed by atoms with E-state index < -0.39 is 0 Å². The molecular weight excluding hydrogens is 256 g/mol. The van der Waals surface area contributed by atoms with Gasteiger partial charge in [0, 0.05) is 27.9 Å². The number of benzene rings is 3. The van der Waals surface area contributed by atoms with Crippen LogP contribution in [0.3, 0.4) is 0 Å². The third-order valence-electron chi connectivity index (χ3n) is 4.21. The van der Waals surface area contributed by atoms with Crippen molar-refractivity contribution in [3.63, 3.8) is 0 Å². The van der Waals surface area contributed by atoms with Crippen molar-refractivity contribution in [2.45, 2.75) is 0 Å². The molecule has 1 N–H and O–H groups in total. The van der Waals surface area contributed by atoms with Gasteiger partial charge >= 0.3 is 0 Å². The minimum Gasteiger partial charge on any atom is -0.353 e. The molecule has 0 aliphatic rings. The van der Waals surface area contributed by atoms with E-state index in [1.807, 2.05) is 12.3 Å². The monoisotopic (exact) mass is 268 g/mol. The van der Waals surface area contributed by atoms with Gasteiger partial charge in [0.2, 0.25) is 0 Å². The summed E-state index contributed by atoms with van der Waals surface area (Å²) in [5.41, 5.74) is 3.33.